The van der Waals surface area contributed by atoms with E-state index in [1.807, 2.05) is 26.8 Å². The number of pyridine rings is 1. The van der Waals surface area contributed by atoms with Gasteiger partial charge in [-0.3, -0.25) is 8.78 Å². The zero-order valence-corrected chi connectivity index (χ0v) is 39.3. The van der Waals surface area contributed by atoms with E-state index in [1.165, 1.54) is 54.7 Å². The van der Waals surface area contributed by atoms with Crippen LogP contribution in [0.5, 0.6) is 0 Å². The van der Waals surface area contributed by atoms with Crippen LogP contribution in [0.25, 0.3) is 66.2 Å². The summed E-state index contributed by atoms with van der Waals surface area (Å²) in [5, 5.41) is 25.3. The number of fused-ring (bicyclic) bond motifs is 6. The van der Waals surface area contributed by atoms with E-state index in [9.17, 15) is 19.0 Å². The molecule has 0 aliphatic carbocycles. The van der Waals surface area contributed by atoms with E-state index in [2.05, 4.69) is 166 Å². The quantitative estimate of drug-likeness (QED) is 0.106. The summed E-state index contributed by atoms with van der Waals surface area (Å²) in [6.45, 7) is 5.79. The first-order valence-corrected chi connectivity index (χ1v) is 22.1. The van der Waals surface area contributed by atoms with E-state index in [1.54, 1.807) is 18.3 Å². The molecule has 0 saturated carbocycles. The molecule has 1 unspecified atom stereocenters. The van der Waals surface area contributed by atoms with Crippen molar-refractivity contribution < 1.29 is 40.1 Å². The predicted molar refractivity (Wildman–Crippen MR) is 262 cm³/mol. The summed E-state index contributed by atoms with van der Waals surface area (Å²) < 4.78 is 31.7. The van der Waals surface area contributed by atoms with Crippen LogP contribution in [-0.2, 0) is 40.3 Å². The van der Waals surface area contributed by atoms with Gasteiger partial charge in [-0.2, -0.15) is 0 Å². The minimum absolute atomic E-state index is 0. The van der Waals surface area contributed by atoms with E-state index in [-0.39, 0.29) is 37.8 Å². The van der Waals surface area contributed by atoms with Gasteiger partial charge in [0.1, 0.15) is 0 Å². The molecule has 0 spiro atoms. The normalized spacial score (nSPS) is 12.3. The Morgan fingerprint density at radius 3 is 1.45 bits per heavy atom. The number of aromatic nitrogens is 3. The Bertz CT molecular complexity index is 3190. The molecule has 5 nitrogen and oxygen atoms in total. The molecule has 1 atom stereocenters. The Balaban J connectivity index is 0.000000179. The topological polar surface area (TPSA) is 63.2 Å². The largest absolute Gasteiger partial charge is 0.512 e. The van der Waals surface area contributed by atoms with Gasteiger partial charge in [0, 0.05) is 77.2 Å². The van der Waals surface area contributed by atoms with Crippen LogP contribution in [0.4, 0.5) is 8.78 Å². The third-order valence-corrected chi connectivity index (χ3v) is 12.0. The minimum atomic E-state index is -0.659. The molecule has 0 aliphatic heterocycles. The fourth-order valence-corrected chi connectivity index (χ4v) is 8.51. The van der Waals surface area contributed by atoms with Crippen LogP contribution < -0.4 is 0 Å². The number of allylic oxidation sites excluding steroid dienone is 1. The number of aliphatic hydroxyl groups excluding tert-OH is 2. The number of nitrogens with zero attached hydrogens (tertiary/aromatic N) is 3. The Kier molecular flexibility index (Phi) is 13.8. The van der Waals surface area contributed by atoms with Crippen molar-refractivity contribution in [3.63, 3.8) is 0 Å². The standard InChI is InChI=1S/C31H21F2N2.C27H29NO2.Pt/c32-23-14-17-27(28(33)19-23)29-18-13-22(20-34-29)10-9-21-11-15-24(16-12-21)35-30-7-3-1-5-25(30)26-6-2-4-8-31(26)35;1-27(2,3)26(30)18-21(29)17-14-19-12-15-20(16-13-19)28-24-10-6-4-8-22(24)23-9-5-7-11-25(23)28;/h1-8,11-16,18-20H,9-10H2;4-13,15-16,18,21,29-30H,14,17H2,1-3H3;/q-1;;. The monoisotopic (exact) mass is 1050 g/mol. The number of para-hydroxylation sites is 4. The molecule has 0 amide bonds. The SMILES string of the molecule is CC(C)(C)C(O)=CC(O)CCc1ccc(-n2c3ccccc3c3ccccc32)cc1.Fc1c[c-]c(-c2ccc(CCc3ccc(-n4c5ccccc5c5ccccc54)cc3)cn2)c(F)c1.[Pt]. The molecule has 0 radical (unpaired) electrons. The van der Waals surface area contributed by atoms with Crippen LogP contribution in [0.15, 0.2) is 188 Å². The zero-order chi connectivity index (χ0) is 45.1. The summed E-state index contributed by atoms with van der Waals surface area (Å²) in [6.07, 6.45) is 5.67. The summed E-state index contributed by atoms with van der Waals surface area (Å²) >= 11 is 0. The number of hydrogen-bond donors (Lipinski definition) is 2. The average Bonchev–Trinajstić information content (AvgIpc) is 3.84. The van der Waals surface area contributed by atoms with Crippen molar-refractivity contribution in [1.82, 2.24) is 14.1 Å². The van der Waals surface area contributed by atoms with Crippen molar-refractivity contribution in [2.24, 2.45) is 5.41 Å². The van der Waals surface area contributed by atoms with Gasteiger partial charge in [0.05, 0.1) is 33.9 Å². The van der Waals surface area contributed by atoms with Gasteiger partial charge in [-0.1, -0.05) is 142 Å². The molecule has 334 valence electrons. The molecule has 10 aromatic rings. The summed E-state index contributed by atoms with van der Waals surface area (Å²) in [5.74, 6) is -1.07. The van der Waals surface area contributed by atoms with Crippen molar-refractivity contribution >= 4 is 43.6 Å². The average molecular weight is 1050 g/mol. The van der Waals surface area contributed by atoms with Gasteiger partial charge < -0.3 is 24.3 Å². The summed E-state index contributed by atoms with van der Waals surface area (Å²) in [7, 11) is 0. The molecule has 2 N–H and O–H groups in total. The zero-order valence-electron chi connectivity index (χ0n) is 37.0. The molecular weight excluding hydrogens is 1000 g/mol. The van der Waals surface area contributed by atoms with Crippen molar-refractivity contribution in [1.29, 1.82) is 0 Å². The van der Waals surface area contributed by atoms with Gasteiger partial charge in [0.25, 0.3) is 0 Å². The Morgan fingerprint density at radius 1 is 0.606 bits per heavy atom. The van der Waals surface area contributed by atoms with Crippen molar-refractivity contribution in [3.05, 3.63) is 222 Å². The third-order valence-electron chi connectivity index (χ3n) is 12.0. The van der Waals surface area contributed by atoms with E-state index in [0.29, 0.717) is 12.1 Å². The van der Waals surface area contributed by atoms with Gasteiger partial charge in [-0.15, -0.1) is 12.1 Å². The van der Waals surface area contributed by atoms with Crippen LogP contribution in [-0.4, -0.2) is 30.4 Å². The summed E-state index contributed by atoms with van der Waals surface area (Å²) in [5.41, 5.74) is 10.8. The molecule has 0 aliphatic rings. The van der Waals surface area contributed by atoms with Gasteiger partial charge in [-0.25, -0.2) is 0 Å². The number of halogens is 2. The number of aliphatic hydroxyl groups is 2. The van der Waals surface area contributed by atoms with Crippen molar-refractivity contribution in [3.8, 4) is 22.6 Å². The van der Waals surface area contributed by atoms with Crippen LogP contribution >= 0.6 is 0 Å². The third kappa shape index (κ3) is 9.79. The predicted octanol–water partition coefficient (Wildman–Crippen LogP) is 14.3. The minimum Gasteiger partial charge on any atom is -0.512 e. The van der Waals surface area contributed by atoms with Crippen LogP contribution in [0.1, 0.15) is 43.9 Å². The molecule has 3 heterocycles. The fourth-order valence-electron chi connectivity index (χ4n) is 8.51. The molecule has 66 heavy (non-hydrogen) atoms. The Hall–Kier alpha value is -6.66. The van der Waals surface area contributed by atoms with Crippen molar-refractivity contribution in [2.75, 3.05) is 0 Å². The molecule has 7 aromatic carbocycles. The molecule has 10 rings (SSSR count). The van der Waals surface area contributed by atoms with E-state index in [0.717, 1.165) is 48.3 Å². The number of aryl methyl sites for hydroxylation is 3. The Labute approximate surface area is 398 Å². The van der Waals surface area contributed by atoms with Crippen molar-refractivity contribution in [2.45, 2.75) is 52.6 Å². The second-order valence-electron chi connectivity index (χ2n) is 17.6. The van der Waals surface area contributed by atoms with E-state index in [4.69, 9.17) is 0 Å². The van der Waals surface area contributed by atoms with E-state index >= 15 is 0 Å². The first-order chi connectivity index (χ1) is 31.5. The Morgan fingerprint density at radius 2 is 1.03 bits per heavy atom. The van der Waals surface area contributed by atoms with E-state index < -0.39 is 17.7 Å². The maximum Gasteiger partial charge on any atom is 0.0961 e. The smallest absolute Gasteiger partial charge is 0.0961 e. The maximum atomic E-state index is 14.0. The molecule has 0 fully saturated rings. The number of rotatable bonds is 10. The van der Waals surface area contributed by atoms with Crippen LogP contribution in [0.2, 0.25) is 0 Å². The van der Waals surface area contributed by atoms with Crippen LogP contribution in [0, 0.1) is 23.1 Å². The maximum absolute atomic E-state index is 14.0. The van der Waals surface area contributed by atoms with Gasteiger partial charge in [-0.05, 0) is 103 Å². The fraction of sp³-hybridized carbons (Fsp3) is 0.155. The second kappa shape index (κ2) is 19.8. The first-order valence-electron chi connectivity index (χ1n) is 22.1. The molecule has 8 heteroatoms. The number of hydrogen-bond acceptors (Lipinski definition) is 3. The van der Waals surface area contributed by atoms with Gasteiger partial charge in [0.15, 0.2) is 0 Å². The summed E-state index contributed by atoms with van der Waals surface area (Å²) in [4.78, 5) is 4.36. The van der Waals surface area contributed by atoms with Gasteiger partial charge >= 0.3 is 0 Å². The van der Waals surface area contributed by atoms with Crippen LogP contribution in [0.3, 0.4) is 0 Å². The molecule has 0 bridgehead atoms. The number of benzene rings is 7. The molecule has 3 aromatic heterocycles. The molecule has 0 saturated heterocycles. The van der Waals surface area contributed by atoms with Gasteiger partial charge in [0.2, 0.25) is 0 Å². The summed E-state index contributed by atoms with van der Waals surface area (Å²) in [6, 6.07) is 59.5. The first kappa shape index (κ1) is 45.9. The second-order valence-corrected chi connectivity index (χ2v) is 17.6. The molecular formula is C58H50F2N3O2Pt-.